The highest BCUT2D eigenvalue weighted by atomic mass is 35.5. The quantitative estimate of drug-likeness (QED) is 0.559. The van der Waals surface area contributed by atoms with Gasteiger partial charge in [-0.2, -0.15) is 0 Å². The summed E-state index contributed by atoms with van der Waals surface area (Å²) < 4.78 is 0. The molecule has 6 atom stereocenters. The molecule has 1 aromatic rings. The third-order valence-corrected chi connectivity index (χ3v) is 10.4. The summed E-state index contributed by atoms with van der Waals surface area (Å²) in [5.41, 5.74) is 2.35. The van der Waals surface area contributed by atoms with Gasteiger partial charge in [0.1, 0.15) is 0 Å². The van der Waals surface area contributed by atoms with Gasteiger partial charge in [0.15, 0.2) is 0 Å². The molecular weight excluding hydrogens is 432 g/mol. The van der Waals surface area contributed by atoms with E-state index in [9.17, 15) is 9.59 Å². The molecule has 0 radical (unpaired) electrons. The van der Waals surface area contributed by atoms with Gasteiger partial charge in [-0.25, -0.2) is 0 Å². The minimum absolute atomic E-state index is 0.0556. The number of nitrogens with one attached hydrogen (secondary N) is 1. The zero-order valence-electron chi connectivity index (χ0n) is 19.8. The molecule has 0 bridgehead atoms. The Kier molecular flexibility index (Phi) is 5.00. The van der Waals surface area contributed by atoms with E-state index in [1.165, 1.54) is 25.0 Å². The number of carbonyl (C=O) groups excluding carboxylic acids is 2. The van der Waals surface area contributed by atoms with Crippen LogP contribution in [0.5, 0.6) is 0 Å². The van der Waals surface area contributed by atoms with Crippen LogP contribution in [0.3, 0.4) is 0 Å². The Morgan fingerprint density at radius 2 is 1.79 bits per heavy atom. The number of rotatable bonds is 3. The maximum absolute atomic E-state index is 13.4. The Hall–Kier alpha value is -1.81. The molecule has 1 aliphatic heterocycles. The van der Waals surface area contributed by atoms with E-state index in [4.69, 9.17) is 11.6 Å². The molecule has 1 saturated heterocycles. The van der Waals surface area contributed by atoms with Crippen LogP contribution in [0.2, 0.25) is 5.02 Å². The first-order valence-electron chi connectivity index (χ1n) is 12.9. The molecule has 0 aromatic heterocycles. The van der Waals surface area contributed by atoms with E-state index < -0.39 is 0 Å². The Bertz CT molecular complexity index is 1020. The standard InChI is InChI=1S/C28H35ClN2O2/c1-27-15-13-22-20(9-12-24-28(22,2)16-14-25(32)31(24)19-7-8-19)21(27)10-11-23(27)26(33)30-18-5-3-17(29)4-6-18/h3-6,12,19-23H,7-11,13-16H2,1-2H3,(H,30,33)/t20-,21-,22+,23?,27-,28+/m0/s1. The zero-order valence-corrected chi connectivity index (χ0v) is 20.5. The Morgan fingerprint density at radius 3 is 2.52 bits per heavy atom. The maximum Gasteiger partial charge on any atom is 0.228 e. The van der Waals surface area contributed by atoms with Gasteiger partial charge < -0.3 is 10.2 Å². The number of allylic oxidation sites excluding steroid dienone is 2. The monoisotopic (exact) mass is 466 g/mol. The van der Waals surface area contributed by atoms with E-state index in [-0.39, 0.29) is 22.7 Å². The molecule has 0 spiro atoms. The largest absolute Gasteiger partial charge is 0.326 e. The summed E-state index contributed by atoms with van der Waals surface area (Å²) in [6.07, 6.45) is 11.9. The second-order valence-corrected chi connectivity index (χ2v) is 12.2. The van der Waals surface area contributed by atoms with Crippen LogP contribution in [0.15, 0.2) is 36.0 Å². The van der Waals surface area contributed by atoms with Crippen LogP contribution in [0.25, 0.3) is 0 Å². The molecule has 2 amide bonds. The van der Waals surface area contributed by atoms with Crippen molar-refractivity contribution in [3.05, 3.63) is 41.1 Å². The van der Waals surface area contributed by atoms with Gasteiger partial charge in [0, 0.05) is 40.2 Å². The highest BCUT2D eigenvalue weighted by Gasteiger charge is 2.61. The number of hydrogen-bond acceptors (Lipinski definition) is 2. The number of likely N-dealkylation sites (tertiary alicyclic amines) is 1. The molecule has 6 rings (SSSR count). The Labute approximate surface area is 202 Å². The topological polar surface area (TPSA) is 49.4 Å². The van der Waals surface area contributed by atoms with E-state index in [1.54, 1.807) is 0 Å². The van der Waals surface area contributed by atoms with E-state index in [2.05, 4.69) is 30.1 Å². The predicted molar refractivity (Wildman–Crippen MR) is 131 cm³/mol. The summed E-state index contributed by atoms with van der Waals surface area (Å²) in [5.74, 6) is 2.41. The van der Waals surface area contributed by atoms with Gasteiger partial charge in [0.25, 0.3) is 0 Å². The molecule has 1 heterocycles. The lowest BCUT2D eigenvalue weighted by atomic mass is 9.49. The first-order valence-corrected chi connectivity index (χ1v) is 13.3. The average molecular weight is 467 g/mol. The average Bonchev–Trinajstić information content (AvgIpc) is 3.56. The number of hydrogen-bond donors (Lipinski definition) is 1. The van der Waals surface area contributed by atoms with Crippen LogP contribution in [0.1, 0.15) is 71.6 Å². The number of anilines is 1. The van der Waals surface area contributed by atoms with Gasteiger partial charge >= 0.3 is 0 Å². The third kappa shape index (κ3) is 3.31. The highest BCUT2D eigenvalue weighted by Crippen LogP contribution is 2.66. The lowest BCUT2D eigenvalue weighted by Crippen LogP contribution is -2.55. The van der Waals surface area contributed by atoms with Gasteiger partial charge in [-0.1, -0.05) is 31.5 Å². The second kappa shape index (κ2) is 7.60. The predicted octanol–water partition coefficient (Wildman–Crippen LogP) is 6.42. The summed E-state index contributed by atoms with van der Waals surface area (Å²) in [6, 6.07) is 7.88. The van der Waals surface area contributed by atoms with Crippen molar-refractivity contribution in [2.24, 2.45) is 34.5 Å². The lowest BCUT2D eigenvalue weighted by Gasteiger charge is -2.58. The second-order valence-electron chi connectivity index (χ2n) is 11.8. The van der Waals surface area contributed by atoms with Crippen LogP contribution in [0.4, 0.5) is 5.69 Å². The molecule has 4 aliphatic carbocycles. The summed E-state index contributed by atoms with van der Waals surface area (Å²) in [4.78, 5) is 28.4. The fourth-order valence-electron chi connectivity index (χ4n) is 8.31. The van der Waals surface area contributed by atoms with Crippen molar-refractivity contribution < 1.29 is 9.59 Å². The van der Waals surface area contributed by atoms with Crippen molar-refractivity contribution in [3.8, 4) is 0 Å². The van der Waals surface area contributed by atoms with Crippen molar-refractivity contribution in [1.82, 2.24) is 4.90 Å². The Morgan fingerprint density at radius 1 is 1.03 bits per heavy atom. The number of amides is 2. The molecule has 1 aromatic carbocycles. The Balaban J connectivity index is 1.25. The molecule has 5 heteroatoms. The van der Waals surface area contributed by atoms with Crippen molar-refractivity contribution in [3.63, 3.8) is 0 Å². The van der Waals surface area contributed by atoms with Crippen molar-refractivity contribution >= 4 is 29.1 Å². The number of nitrogens with zero attached hydrogens (tertiary/aromatic N) is 1. The van der Waals surface area contributed by atoms with E-state index in [1.807, 2.05) is 24.3 Å². The lowest BCUT2D eigenvalue weighted by molar-refractivity contribution is -0.139. The minimum atomic E-state index is 0.0556. The smallest absolute Gasteiger partial charge is 0.228 e. The zero-order chi connectivity index (χ0) is 23.0. The van der Waals surface area contributed by atoms with Crippen LogP contribution in [-0.4, -0.2) is 22.8 Å². The number of carbonyl (C=O) groups is 2. The van der Waals surface area contributed by atoms with Crippen LogP contribution in [-0.2, 0) is 9.59 Å². The number of halogens is 1. The molecule has 33 heavy (non-hydrogen) atoms. The third-order valence-electron chi connectivity index (χ3n) is 10.2. The van der Waals surface area contributed by atoms with Crippen molar-refractivity contribution in [2.75, 3.05) is 5.32 Å². The molecule has 4 fully saturated rings. The first-order chi connectivity index (χ1) is 15.8. The van der Waals surface area contributed by atoms with Crippen molar-refractivity contribution in [1.29, 1.82) is 0 Å². The van der Waals surface area contributed by atoms with Gasteiger partial charge in [-0.05, 0) is 98.8 Å². The number of piperidine rings is 1. The molecular formula is C28H35ClN2O2. The summed E-state index contributed by atoms with van der Waals surface area (Å²) in [7, 11) is 0. The SMILES string of the molecule is C[C@]12CCC(=O)N(C3CC3)C1=CC[C@@H]1[C@H]2CC[C@]2(C)C(C(=O)Nc3ccc(Cl)cc3)CC[C@@H]12. The summed E-state index contributed by atoms with van der Waals surface area (Å²) >= 11 is 6.01. The minimum Gasteiger partial charge on any atom is -0.326 e. The fraction of sp³-hybridized carbons (Fsp3) is 0.643. The number of fused-ring (bicyclic) bond motifs is 5. The molecule has 176 valence electrons. The summed E-state index contributed by atoms with van der Waals surface area (Å²) in [5, 5.41) is 3.85. The van der Waals surface area contributed by atoms with Crippen LogP contribution in [0, 0.1) is 34.5 Å². The van der Waals surface area contributed by atoms with Crippen LogP contribution >= 0.6 is 11.6 Å². The first kappa shape index (κ1) is 21.7. The number of benzene rings is 1. The fourth-order valence-corrected chi connectivity index (χ4v) is 8.44. The van der Waals surface area contributed by atoms with E-state index in [0.717, 1.165) is 37.8 Å². The highest BCUT2D eigenvalue weighted by molar-refractivity contribution is 6.30. The van der Waals surface area contributed by atoms with Crippen LogP contribution < -0.4 is 5.32 Å². The maximum atomic E-state index is 13.4. The van der Waals surface area contributed by atoms with Crippen molar-refractivity contribution in [2.45, 2.75) is 77.7 Å². The molecule has 5 aliphatic rings. The molecule has 4 nitrogen and oxygen atoms in total. The summed E-state index contributed by atoms with van der Waals surface area (Å²) in [6.45, 7) is 4.83. The van der Waals surface area contributed by atoms with Gasteiger partial charge in [-0.15, -0.1) is 0 Å². The van der Waals surface area contributed by atoms with E-state index >= 15 is 0 Å². The molecule has 1 unspecified atom stereocenters. The molecule has 3 saturated carbocycles. The normalized spacial score (nSPS) is 39.9. The molecule has 1 N–H and O–H groups in total. The van der Waals surface area contributed by atoms with E-state index in [0.29, 0.717) is 41.1 Å². The van der Waals surface area contributed by atoms with Gasteiger partial charge in [-0.3, -0.25) is 9.59 Å². The van der Waals surface area contributed by atoms with Gasteiger partial charge in [0.2, 0.25) is 11.8 Å². The van der Waals surface area contributed by atoms with Gasteiger partial charge in [0.05, 0.1) is 0 Å².